The minimum Gasteiger partial charge on any atom is -0.490 e. The standard InChI is InChI=1S/C35H31Br2FN4O6/c1-4-45-30-17-23(32(36)33(37)34(30)47-20-31(43)40-25-9-7-24(38)8-10-25)18-39-41-35(44)29-16-15-28(48-29)19-46-27-13-11-26(12-14-27)42-21(2)5-6-22(42)3/h5-18H,4,19-20H2,1-3H3,(H,40,43)(H,41,44)/b39-18+. The highest BCUT2D eigenvalue weighted by atomic mass is 79.9. The van der Waals surface area contributed by atoms with Gasteiger partial charge in [0.25, 0.3) is 5.91 Å². The summed E-state index contributed by atoms with van der Waals surface area (Å²) in [5.74, 6) is 0.434. The molecule has 248 valence electrons. The normalized spacial score (nSPS) is 11.0. The molecule has 5 aromatic rings. The zero-order valence-corrected chi connectivity index (χ0v) is 29.4. The second-order valence-corrected chi connectivity index (χ2v) is 12.0. The number of amides is 2. The molecule has 13 heteroatoms. The Kier molecular flexibility index (Phi) is 11.3. The largest absolute Gasteiger partial charge is 0.490 e. The molecular formula is C35H31Br2FN4O6. The summed E-state index contributed by atoms with van der Waals surface area (Å²) in [7, 11) is 0. The molecule has 3 aromatic carbocycles. The van der Waals surface area contributed by atoms with Gasteiger partial charge in [-0.25, -0.2) is 9.82 Å². The van der Waals surface area contributed by atoms with Crippen LogP contribution in [-0.4, -0.2) is 35.8 Å². The van der Waals surface area contributed by atoms with Crippen LogP contribution in [-0.2, 0) is 11.4 Å². The summed E-state index contributed by atoms with van der Waals surface area (Å²) in [6, 6.07) is 22.1. The van der Waals surface area contributed by atoms with Crippen molar-refractivity contribution in [1.82, 2.24) is 9.99 Å². The van der Waals surface area contributed by atoms with Gasteiger partial charge in [0.15, 0.2) is 23.9 Å². The van der Waals surface area contributed by atoms with Crippen molar-refractivity contribution in [2.45, 2.75) is 27.4 Å². The van der Waals surface area contributed by atoms with Gasteiger partial charge in [0, 0.05) is 32.8 Å². The molecule has 0 aliphatic carbocycles. The van der Waals surface area contributed by atoms with Crippen LogP contribution < -0.4 is 25.0 Å². The Hall–Kier alpha value is -4.88. The van der Waals surface area contributed by atoms with E-state index in [1.165, 1.54) is 30.5 Å². The average Bonchev–Trinajstić information content (AvgIpc) is 3.69. The minimum atomic E-state index is -0.549. The fourth-order valence-electron chi connectivity index (χ4n) is 4.68. The number of carbonyl (C=O) groups excluding carboxylic acids is 2. The summed E-state index contributed by atoms with van der Waals surface area (Å²) in [5, 5.41) is 6.70. The molecule has 2 aromatic heterocycles. The van der Waals surface area contributed by atoms with Gasteiger partial charge in [-0.1, -0.05) is 0 Å². The highest BCUT2D eigenvalue weighted by Crippen LogP contribution is 2.42. The number of benzene rings is 3. The van der Waals surface area contributed by atoms with E-state index in [0.29, 0.717) is 44.1 Å². The summed E-state index contributed by atoms with van der Waals surface area (Å²) in [5.41, 5.74) is 6.77. The van der Waals surface area contributed by atoms with Crippen LogP contribution in [0.15, 0.2) is 97.3 Å². The van der Waals surface area contributed by atoms with Crippen LogP contribution in [0.1, 0.15) is 40.2 Å². The Morgan fingerprint density at radius 3 is 2.31 bits per heavy atom. The maximum atomic E-state index is 13.2. The molecule has 0 unspecified atom stereocenters. The van der Waals surface area contributed by atoms with E-state index in [2.05, 4.69) is 78.3 Å². The zero-order valence-electron chi connectivity index (χ0n) is 26.2. The number of anilines is 1. The Labute approximate surface area is 293 Å². The first-order valence-electron chi connectivity index (χ1n) is 14.8. The van der Waals surface area contributed by atoms with Crippen molar-refractivity contribution in [1.29, 1.82) is 0 Å². The Bertz CT molecular complexity index is 1920. The number of nitrogens with one attached hydrogen (secondary N) is 2. The highest BCUT2D eigenvalue weighted by molar-refractivity contribution is 9.13. The molecule has 2 N–H and O–H groups in total. The smallest absolute Gasteiger partial charge is 0.307 e. The van der Waals surface area contributed by atoms with E-state index < -0.39 is 17.6 Å². The maximum Gasteiger partial charge on any atom is 0.307 e. The van der Waals surface area contributed by atoms with Crippen molar-refractivity contribution in [2.75, 3.05) is 18.5 Å². The lowest BCUT2D eigenvalue weighted by molar-refractivity contribution is -0.118. The number of nitrogens with zero attached hydrogens (tertiary/aromatic N) is 2. The Morgan fingerprint density at radius 1 is 0.917 bits per heavy atom. The first kappa shape index (κ1) is 34.5. The molecule has 0 aliphatic rings. The van der Waals surface area contributed by atoms with Gasteiger partial charge in [0.1, 0.15) is 23.9 Å². The number of halogens is 3. The van der Waals surface area contributed by atoms with Gasteiger partial charge in [0.2, 0.25) is 0 Å². The number of aryl methyl sites for hydroxylation is 2. The van der Waals surface area contributed by atoms with Crippen LogP contribution in [0.4, 0.5) is 10.1 Å². The molecule has 0 bridgehead atoms. The van der Waals surface area contributed by atoms with Gasteiger partial charge in [0.05, 0.1) is 17.3 Å². The predicted octanol–water partition coefficient (Wildman–Crippen LogP) is 8.11. The summed E-state index contributed by atoms with van der Waals surface area (Å²) >= 11 is 6.98. The zero-order chi connectivity index (χ0) is 34.2. The summed E-state index contributed by atoms with van der Waals surface area (Å²) in [4.78, 5) is 25.1. The van der Waals surface area contributed by atoms with E-state index in [0.717, 1.165) is 17.1 Å². The maximum absolute atomic E-state index is 13.2. The lowest BCUT2D eigenvalue weighted by atomic mass is 10.2. The Balaban J connectivity index is 1.16. The lowest BCUT2D eigenvalue weighted by Gasteiger charge is -2.16. The van der Waals surface area contributed by atoms with Crippen molar-refractivity contribution >= 4 is 55.6 Å². The number of aromatic nitrogens is 1. The molecule has 2 heterocycles. The van der Waals surface area contributed by atoms with Crippen LogP contribution in [0.2, 0.25) is 0 Å². The molecule has 0 saturated carbocycles. The second-order valence-electron chi connectivity index (χ2n) is 10.4. The quantitative estimate of drug-likeness (QED) is 0.0922. The van der Waals surface area contributed by atoms with Gasteiger partial charge in [-0.3, -0.25) is 9.59 Å². The molecule has 0 spiro atoms. The van der Waals surface area contributed by atoms with E-state index in [1.54, 1.807) is 25.1 Å². The number of carbonyl (C=O) groups is 2. The molecule has 0 aliphatic heterocycles. The monoisotopic (exact) mass is 780 g/mol. The molecule has 2 amide bonds. The molecule has 0 atom stereocenters. The number of hydrogen-bond donors (Lipinski definition) is 2. The van der Waals surface area contributed by atoms with Crippen LogP contribution in [0.25, 0.3) is 5.69 Å². The van der Waals surface area contributed by atoms with Crippen molar-refractivity contribution in [3.05, 3.63) is 122 Å². The van der Waals surface area contributed by atoms with Gasteiger partial charge in [-0.15, -0.1) is 0 Å². The average molecular weight is 782 g/mol. The van der Waals surface area contributed by atoms with E-state index in [1.807, 2.05) is 24.3 Å². The topological polar surface area (TPSA) is 116 Å². The van der Waals surface area contributed by atoms with Gasteiger partial charge >= 0.3 is 5.91 Å². The van der Waals surface area contributed by atoms with Crippen LogP contribution >= 0.6 is 31.9 Å². The molecule has 0 fully saturated rings. The lowest BCUT2D eigenvalue weighted by Crippen LogP contribution is -2.20. The van der Waals surface area contributed by atoms with Crippen molar-refractivity contribution in [2.24, 2.45) is 5.10 Å². The molecular weight excluding hydrogens is 751 g/mol. The van der Waals surface area contributed by atoms with Crippen molar-refractivity contribution < 1.29 is 32.6 Å². The third kappa shape index (κ3) is 8.52. The molecule has 10 nitrogen and oxygen atoms in total. The van der Waals surface area contributed by atoms with Crippen LogP contribution in [0.5, 0.6) is 17.2 Å². The molecule has 0 radical (unpaired) electrons. The Morgan fingerprint density at radius 2 is 1.62 bits per heavy atom. The first-order chi connectivity index (χ1) is 23.1. The fraction of sp³-hybridized carbons (Fsp3) is 0.171. The highest BCUT2D eigenvalue weighted by Gasteiger charge is 2.19. The van der Waals surface area contributed by atoms with Crippen molar-refractivity contribution in [3.63, 3.8) is 0 Å². The molecule has 0 saturated heterocycles. The number of ether oxygens (including phenoxy) is 3. The minimum absolute atomic E-state index is 0.0672. The fourth-order valence-corrected chi connectivity index (χ4v) is 5.61. The third-order valence-electron chi connectivity index (χ3n) is 6.93. The molecule has 48 heavy (non-hydrogen) atoms. The summed E-state index contributed by atoms with van der Waals surface area (Å²) in [6.07, 6.45) is 1.42. The van der Waals surface area contributed by atoms with Gasteiger partial charge in [-0.05, 0) is 131 Å². The number of hydrogen-bond acceptors (Lipinski definition) is 7. The summed E-state index contributed by atoms with van der Waals surface area (Å²) in [6.45, 7) is 6.05. The van der Waals surface area contributed by atoms with E-state index in [-0.39, 0.29) is 24.7 Å². The summed E-state index contributed by atoms with van der Waals surface area (Å²) < 4.78 is 39.3. The van der Waals surface area contributed by atoms with Crippen LogP contribution in [0, 0.1) is 19.7 Å². The number of furan rings is 1. The predicted molar refractivity (Wildman–Crippen MR) is 187 cm³/mol. The van der Waals surface area contributed by atoms with E-state index >= 15 is 0 Å². The first-order valence-corrected chi connectivity index (χ1v) is 16.3. The van der Waals surface area contributed by atoms with E-state index in [9.17, 15) is 14.0 Å². The van der Waals surface area contributed by atoms with Crippen LogP contribution in [0.3, 0.4) is 0 Å². The van der Waals surface area contributed by atoms with Gasteiger partial charge in [-0.2, -0.15) is 5.10 Å². The third-order valence-corrected chi connectivity index (χ3v) is 9.08. The van der Waals surface area contributed by atoms with E-state index in [4.69, 9.17) is 18.6 Å². The molecule has 5 rings (SSSR count). The number of hydrazone groups is 1. The number of rotatable bonds is 13. The van der Waals surface area contributed by atoms with Gasteiger partial charge < -0.3 is 28.5 Å². The SMILES string of the molecule is CCOc1cc(/C=N/NC(=O)c2ccc(COc3ccc(-n4c(C)ccc4C)cc3)o2)c(Br)c(Br)c1OCC(=O)Nc1ccc(F)cc1. The van der Waals surface area contributed by atoms with Crippen molar-refractivity contribution in [3.8, 4) is 22.9 Å². The second kappa shape index (κ2) is 15.8.